The van der Waals surface area contributed by atoms with Crippen molar-refractivity contribution < 1.29 is 19.1 Å². The molecule has 0 unspecified atom stereocenters. The van der Waals surface area contributed by atoms with Crippen molar-refractivity contribution in [2.24, 2.45) is 0 Å². The topological polar surface area (TPSA) is 64.6 Å². The quantitative estimate of drug-likeness (QED) is 0.349. The van der Waals surface area contributed by atoms with Crippen LogP contribution < -0.4 is 5.32 Å². The molecule has 0 saturated carbocycles. The highest BCUT2D eigenvalue weighted by Gasteiger charge is 2.10. The Hall–Kier alpha value is -2.40. The molecule has 1 N–H and O–H groups in total. The normalized spacial score (nSPS) is 11.3. The van der Waals surface area contributed by atoms with Gasteiger partial charge in [-0.3, -0.25) is 4.79 Å². The van der Waals surface area contributed by atoms with Gasteiger partial charge in [0.05, 0.1) is 13.2 Å². The SMILES string of the molecule is CC.CCOC(=O)/C(=C\CCCOCc1ccccc1)N/C(C)=C/C(C)=O. The minimum Gasteiger partial charge on any atom is -0.461 e. The van der Waals surface area contributed by atoms with Gasteiger partial charge in [0.15, 0.2) is 5.78 Å². The number of ketones is 1. The van der Waals surface area contributed by atoms with Crippen molar-refractivity contribution in [1.82, 2.24) is 5.32 Å². The second-order valence-electron chi connectivity index (χ2n) is 5.58. The molecule has 0 saturated heterocycles. The van der Waals surface area contributed by atoms with Crippen LogP contribution in [0.2, 0.25) is 0 Å². The first kappa shape index (κ1) is 24.6. The number of hydrogen-bond donors (Lipinski definition) is 1. The molecule has 0 atom stereocenters. The van der Waals surface area contributed by atoms with Gasteiger partial charge in [-0.1, -0.05) is 50.3 Å². The number of esters is 1. The Kier molecular flexibility index (Phi) is 14.4. The first-order chi connectivity index (χ1) is 13.0. The van der Waals surface area contributed by atoms with E-state index in [-0.39, 0.29) is 5.78 Å². The van der Waals surface area contributed by atoms with E-state index >= 15 is 0 Å². The minimum absolute atomic E-state index is 0.0810. The van der Waals surface area contributed by atoms with Gasteiger partial charge in [-0.25, -0.2) is 4.79 Å². The molecule has 0 fully saturated rings. The zero-order chi connectivity index (χ0) is 20.5. The molecule has 0 aliphatic carbocycles. The molecule has 0 aliphatic heterocycles. The van der Waals surface area contributed by atoms with E-state index in [1.165, 1.54) is 13.0 Å². The van der Waals surface area contributed by atoms with E-state index in [4.69, 9.17) is 9.47 Å². The number of unbranched alkanes of at least 4 members (excludes halogenated alkanes) is 1. The molecule has 0 radical (unpaired) electrons. The number of carbonyl (C=O) groups is 2. The highest BCUT2D eigenvalue weighted by molar-refractivity contribution is 5.90. The third-order valence-electron chi connectivity index (χ3n) is 3.20. The third kappa shape index (κ3) is 12.6. The van der Waals surface area contributed by atoms with Crippen LogP contribution in [0.15, 0.2) is 53.9 Å². The van der Waals surface area contributed by atoms with Crippen LogP contribution in [0.25, 0.3) is 0 Å². The molecule has 1 aromatic carbocycles. The first-order valence-corrected chi connectivity index (χ1v) is 9.47. The van der Waals surface area contributed by atoms with E-state index in [1.807, 2.05) is 44.2 Å². The van der Waals surface area contributed by atoms with Gasteiger partial charge in [0.2, 0.25) is 0 Å². The number of allylic oxidation sites excluding steroid dienone is 3. The van der Waals surface area contributed by atoms with Crippen LogP contribution in [-0.2, 0) is 25.7 Å². The number of hydrogen-bond acceptors (Lipinski definition) is 5. The summed E-state index contributed by atoms with van der Waals surface area (Å²) in [4.78, 5) is 23.1. The van der Waals surface area contributed by atoms with Gasteiger partial charge < -0.3 is 14.8 Å². The lowest BCUT2D eigenvalue weighted by Crippen LogP contribution is -2.21. The third-order valence-corrected chi connectivity index (χ3v) is 3.20. The van der Waals surface area contributed by atoms with Gasteiger partial charge >= 0.3 is 5.97 Å². The smallest absolute Gasteiger partial charge is 0.354 e. The Morgan fingerprint density at radius 2 is 1.78 bits per heavy atom. The number of benzene rings is 1. The van der Waals surface area contributed by atoms with Crippen LogP contribution in [0.5, 0.6) is 0 Å². The average molecular weight is 376 g/mol. The second-order valence-corrected chi connectivity index (χ2v) is 5.58. The fourth-order valence-electron chi connectivity index (χ4n) is 2.14. The molecule has 0 aromatic heterocycles. The van der Waals surface area contributed by atoms with Gasteiger partial charge in [-0.2, -0.15) is 0 Å². The van der Waals surface area contributed by atoms with Gasteiger partial charge in [-0.05, 0) is 45.3 Å². The lowest BCUT2D eigenvalue weighted by Gasteiger charge is -2.10. The Labute approximate surface area is 163 Å². The standard InChI is InChI=1S/C20H27NO4.C2H6/c1-4-25-20(23)19(21-16(2)14-17(3)22)12-8-9-13-24-15-18-10-6-5-7-11-18;1-2/h5-7,10-12,14,21H,4,8-9,13,15H2,1-3H3;1-2H3/b16-14+,19-12+;. The molecule has 0 spiro atoms. The fraction of sp³-hybridized carbons (Fsp3) is 0.455. The van der Waals surface area contributed by atoms with Crippen molar-refractivity contribution in [3.63, 3.8) is 0 Å². The highest BCUT2D eigenvalue weighted by Crippen LogP contribution is 2.05. The van der Waals surface area contributed by atoms with E-state index < -0.39 is 5.97 Å². The summed E-state index contributed by atoms with van der Waals surface area (Å²) in [6.07, 6.45) is 4.67. The summed E-state index contributed by atoms with van der Waals surface area (Å²) in [5.74, 6) is -0.508. The van der Waals surface area contributed by atoms with E-state index in [9.17, 15) is 9.59 Å². The molecule has 5 heteroatoms. The minimum atomic E-state index is -0.427. The van der Waals surface area contributed by atoms with Gasteiger partial charge in [0, 0.05) is 12.3 Å². The van der Waals surface area contributed by atoms with E-state index in [0.717, 1.165) is 12.0 Å². The second kappa shape index (κ2) is 15.8. The largest absolute Gasteiger partial charge is 0.461 e. The summed E-state index contributed by atoms with van der Waals surface area (Å²) >= 11 is 0. The molecule has 0 heterocycles. The maximum atomic E-state index is 12.0. The molecule has 1 rings (SSSR count). The summed E-state index contributed by atoms with van der Waals surface area (Å²) in [7, 11) is 0. The maximum absolute atomic E-state index is 12.0. The van der Waals surface area contributed by atoms with Crippen molar-refractivity contribution in [3.8, 4) is 0 Å². The predicted molar refractivity (Wildman–Crippen MR) is 109 cm³/mol. The van der Waals surface area contributed by atoms with E-state index in [1.54, 1.807) is 19.9 Å². The number of rotatable bonds is 11. The molecule has 5 nitrogen and oxygen atoms in total. The molecule has 0 aliphatic rings. The number of carbonyl (C=O) groups excluding carboxylic acids is 2. The van der Waals surface area contributed by atoms with Crippen LogP contribution in [0, 0.1) is 0 Å². The number of nitrogens with one attached hydrogen (secondary N) is 1. The van der Waals surface area contributed by atoms with Gasteiger partial charge in [0.25, 0.3) is 0 Å². The lowest BCUT2D eigenvalue weighted by atomic mass is 10.2. The average Bonchev–Trinajstić information content (AvgIpc) is 2.65. The fourth-order valence-corrected chi connectivity index (χ4v) is 2.14. The van der Waals surface area contributed by atoms with Crippen molar-refractivity contribution in [2.75, 3.05) is 13.2 Å². The first-order valence-electron chi connectivity index (χ1n) is 9.47. The lowest BCUT2D eigenvalue weighted by molar-refractivity contribution is -0.138. The van der Waals surface area contributed by atoms with Crippen molar-refractivity contribution >= 4 is 11.8 Å². The van der Waals surface area contributed by atoms with Crippen molar-refractivity contribution in [2.45, 2.75) is 54.1 Å². The Morgan fingerprint density at radius 3 is 2.37 bits per heavy atom. The van der Waals surface area contributed by atoms with Crippen LogP contribution in [0.4, 0.5) is 0 Å². The van der Waals surface area contributed by atoms with E-state index in [0.29, 0.717) is 37.6 Å². The zero-order valence-corrected chi connectivity index (χ0v) is 17.2. The van der Waals surface area contributed by atoms with Gasteiger partial charge in [-0.15, -0.1) is 0 Å². The molecule has 0 amide bonds. The zero-order valence-electron chi connectivity index (χ0n) is 17.2. The predicted octanol–water partition coefficient (Wildman–Crippen LogP) is 4.54. The summed E-state index contributed by atoms with van der Waals surface area (Å²) in [6.45, 7) is 10.4. The molecular weight excluding hydrogens is 342 g/mol. The monoisotopic (exact) mass is 375 g/mol. The highest BCUT2D eigenvalue weighted by atomic mass is 16.5. The van der Waals surface area contributed by atoms with Crippen molar-refractivity contribution in [1.29, 1.82) is 0 Å². The maximum Gasteiger partial charge on any atom is 0.354 e. The summed E-state index contributed by atoms with van der Waals surface area (Å²) in [5, 5.41) is 2.94. The Bertz CT molecular complexity index is 606. The van der Waals surface area contributed by atoms with Gasteiger partial charge in [0.1, 0.15) is 5.70 Å². The molecule has 27 heavy (non-hydrogen) atoms. The number of ether oxygens (including phenoxy) is 2. The Morgan fingerprint density at radius 1 is 1.11 bits per heavy atom. The molecule has 1 aromatic rings. The summed E-state index contributed by atoms with van der Waals surface area (Å²) in [6, 6.07) is 9.98. The van der Waals surface area contributed by atoms with Crippen LogP contribution in [0.3, 0.4) is 0 Å². The summed E-state index contributed by atoms with van der Waals surface area (Å²) in [5.41, 5.74) is 2.09. The molecule has 0 bridgehead atoms. The van der Waals surface area contributed by atoms with Crippen LogP contribution in [-0.4, -0.2) is 25.0 Å². The Balaban J connectivity index is 0.00000326. The van der Waals surface area contributed by atoms with Crippen LogP contribution >= 0.6 is 0 Å². The molecule has 150 valence electrons. The van der Waals surface area contributed by atoms with Crippen molar-refractivity contribution in [3.05, 3.63) is 59.4 Å². The van der Waals surface area contributed by atoms with Crippen LogP contribution in [0.1, 0.15) is 53.0 Å². The molecular formula is C22H33NO4. The van der Waals surface area contributed by atoms with E-state index in [2.05, 4.69) is 5.32 Å². The summed E-state index contributed by atoms with van der Waals surface area (Å²) < 4.78 is 10.7.